The maximum Gasteiger partial charge on any atom is 0.242 e. The zero-order valence-electron chi connectivity index (χ0n) is 10.9. The van der Waals surface area contributed by atoms with Gasteiger partial charge >= 0.3 is 0 Å². The molecule has 0 aliphatic carbocycles. The van der Waals surface area contributed by atoms with Crippen LogP contribution in [0.3, 0.4) is 0 Å². The van der Waals surface area contributed by atoms with Crippen LogP contribution in [-0.4, -0.2) is 15.0 Å². The van der Waals surface area contributed by atoms with Crippen molar-refractivity contribution in [2.75, 3.05) is 12.3 Å². The Morgan fingerprint density at radius 1 is 1.24 bits per heavy atom. The number of nitrogens with two attached hydrogens (primary N) is 1. The fraction of sp³-hybridized carbons (Fsp3) is 0.143. The summed E-state index contributed by atoms with van der Waals surface area (Å²) < 4.78 is 33.0. The summed E-state index contributed by atoms with van der Waals surface area (Å²) in [4.78, 5) is -0.0338. The quantitative estimate of drug-likeness (QED) is 0.849. The molecule has 2 aromatic carbocycles. The molecule has 0 saturated heterocycles. The Bertz CT molecular complexity index is 793. The first-order valence-corrected chi connectivity index (χ1v) is 8.12. The predicted octanol–water partition coefficient (Wildman–Crippen LogP) is 2.33. The van der Waals surface area contributed by atoms with Gasteiger partial charge in [-0.05, 0) is 24.3 Å². The number of sulfonamides is 1. The van der Waals surface area contributed by atoms with Crippen molar-refractivity contribution in [3.63, 3.8) is 0 Å². The van der Waals surface area contributed by atoms with E-state index in [1.165, 1.54) is 12.1 Å². The third kappa shape index (κ3) is 2.70. The molecule has 3 rings (SSSR count). The number of ether oxygens (including phenoxy) is 1. The SMILES string of the molecule is Nc1ccc(Cl)c(S(=O)(=O)NC2COc3ccccc32)c1. The molecule has 1 unspecified atom stereocenters. The summed E-state index contributed by atoms with van der Waals surface area (Å²) in [5, 5.41) is 0.129. The van der Waals surface area contributed by atoms with Gasteiger partial charge < -0.3 is 10.5 Å². The molecule has 0 fully saturated rings. The van der Waals surface area contributed by atoms with Crippen LogP contribution >= 0.6 is 11.6 Å². The minimum Gasteiger partial charge on any atom is -0.491 e. The average Bonchev–Trinajstić information content (AvgIpc) is 2.84. The Kier molecular flexibility index (Phi) is 3.52. The molecule has 0 aromatic heterocycles. The Hall–Kier alpha value is -1.76. The second-order valence-electron chi connectivity index (χ2n) is 4.71. The molecular formula is C14H13ClN2O3S. The van der Waals surface area contributed by atoms with Gasteiger partial charge in [0.05, 0.1) is 11.1 Å². The van der Waals surface area contributed by atoms with Crippen molar-refractivity contribution in [2.24, 2.45) is 0 Å². The van der Waals surface area contributed by atoms with Crippen LogP contribution < -0.4 is 15.2 Å². The van der Waals surface area contributed by atoms with Gasteiger partial charge in [-0.25, -0.2) is 13.1 Å². The van der Waals surface area contributed by atoms with E-state index in [9.17, 15) is 8.42 Å². The van der Waals surface area contributed by atoms with Gasteiger partial charge in [-0.15, -0.1) is 0 Å². The van der Waals surface area contributed by atoms with Gasteiger partial charge in [0.2, 0.25) is 10.0 Å². The molecule has 1 aliphatic rings. The highest BCUT2D eigenvalue weighted by Gasteiger charge is 2.29. The molecule has 0 radical (unpaired) electrons. The molecule has 3 N–H and O–H groups in total. The predicted molar refractivity (Wildman–Crippen MR) is 80.9 cm³/mol. The number of nitrogens with one attached hydrogen (secondary N) is 1. The summed E-state index contributed by atoms with van der Waals surface area (Å²) >= 11 is 5.96. The van der Waals surface area contributed by atoms with Crippen molar-refractivity contribution in [3.8, 4) is 5.75 Å². The van der Waals surface area contributed by atoms with Gasteiger partial charge in [0.15, 0.2) is 0 Å². The smallest absolute Gasteiger partial charge is 0.242 e. The fourth-order valence-corrected chi connectivity index (χ4v) is 3.97. The standard InChI is InChI=1S/C14H13ClN2O3S/c15-11-6-5-9(16)7-14(11)21(18,19)17-12-8-20-13-4-2-1-3-10(12)13/h1-7,12,17H,8,16H2. The minimum atomic E-state index is -3.78. The lowest BCUT2D eigenvalue weighted by Crippen LogP contribution is -2.29. The molecule has 2 aromatic rings. The second kappa shape index (κ2) is 5.22. The Labute approximate surface area is 127 Å². The van der Waals surface area contributed by atoms with E-state index in [1.807, 2.05) is 18.2 Å². The summed E-state index contributed by atoms with van der Waals surface area (Å²) in [6, 6.07) is 11.2. The van der Waals surface area contributed by atoms with Gasteiger partial charge in [0, 0.05) is 11.3 Å². The first-order chi connectivity index (χ1) is 9.97. The normalized spacial score (nSPS) is 17.3. The van der Waals surface area contributed by atoms with Crippen LogP contribution in [0.15, 0.2) is 47.4 Å². The molecule has 1 heterocycles. The second-order valence-corrected chi connectivity index (χ2v) is 6.80. The molecule has 0 spiro atoms. The van der Waals surface area contributed by atoms with E-state index < -0.39 is 16.1 Å². The van der Waals surface area contributed by atoms with E-state index in [1.54, 1.807) is 12.1 Å². The van der Waals surface area contributed by atoms with E-state index in [0.717, 1.165) is 5.56 Å². The topological polar surface area (TPSA) is 81.4 Å². The van der Waals surface area contributed by atoms with E-state index in [4.69, 9.17) is 22.1 Å². The molecule has 5 nitrogen and oxygen atoms in total. The number of halogens is 1. The van der Waals surface area contributed by atoms with Crippen LogP contribution in [-0.2, 0) is 10.0 Å². The molecular weight excluding hydrogens is 312 g/mol. The zero-order valence-corrected chi connectivity index (χ0v) is 12.5. The van der Waals surface area contributed by atoms with Gasteiger partial charge in [0.1, 0.15) is 17.3 Å². The first kappa shape index (κ1) is 14.2. The summed E-state index contributed by atoms with van der Waals surface area (Å²) in [5.41, 5.74) is 6.78. The third-order valence-corrected chi connectivity index (χ3v) is 5.20. The van der Waals surface area contributed by atoms with Crippen LogP contribution in [0.5, 0.6) is 5.75 Å². The summed E-state index contributed by atoms with van der Waals surface area (Å²) in [6.45, 7) is 0.249. The lowest BCUT2D eigenvalue weighted by molar-refractivity contribution is 0.325. The average molecular weight is 325 g/mol. The molecule has 1 aliphatic heterocycles. The van der Waals surface area contributed by atoms with Gasteiger partial charge in [-0.3, -0.25) is 0 Å². The summed E-state index contributed by atoms with van der Waals surface area (Å²) in [7, 11) is -3.78. The molecule has 110 valence electrons. The van der Waals surface area contributed by atoms with E-state index in [2.05, 4.69) is 4.72 Å². The number of para-hydroxylation sites is 1. The number of fused-ring (bicyclic) bond motifs is 1. The van der Waals surface area contributed by atoms with Crippen molar-refractivity contribution < 1.29 is 13.2 Å². The molecule has 1 atom stereocenters. The summed E-state index contributed by atoms with van der Waals surface area (Å²) in [6.07, 6.45) is 0. The van der Waals surface area contributed by atoms with Crippen LogP contribution in [0.2, 0.25) is 5.02 Å². The van der Waals surface area contributed by atoms with Gasteiger partial charge in [0.25, 0.3) is 0 Å². The van der Waals surface area contributed by atoms with E-state index in [0.29, 0.717) is 11.4 Å². The fourth-order valence-electron chi connectivity index (χ4n) is 2.24. The first-order valence-electron chi connectivity index (χ1n) is 6.26. The number of benzene rings is 2. The Morgan fingerprint density at radius 3 is 2.81 bits per heavy atom. The van der Waals surface area contributed by atoms with Crippen molar-refractivity contribution in [3.05, 3.63) is 53.1 Å². The number of hydrogen-bond donors (Lipinski definition) is 2. The van der Waals surface area contributed by atoms with Crippen LogP contribution in [0.25, 0.3) is 0 Å². The van der Waals surface area contributed by atoms with Crippen molar-refractivity contribution in [2.45, 2.75) is 10.9 Å². The van der Waals surface area contributed by atoms with Crippen molar-refractivity contribution >= 4 is 27.3 Å². The highest BCUT2D eigenvalue weighted by atomic mass is 35.5. The molecule has 0 bridgehead atoms. The number of rotatable bonds is 3. The zero-order chi connectivity index (χ0) is 15.0. The van der Waals surface area contributed by atoms with E-state index in [-0.39, 0.29) is 16.5 Å². The number of nitrogen functional groups attached to an aromatic ring is 1. The summed E-state index contributed by atoms with van der Waals surface area (Å²) in [5.74, 6) is 0.684. The van der Waals surface area contributed by atoms with Gasteiger partial charge in [-0.2, -0.15) is 0 Å². The lowest BCUT2D eigenvalue weighted by Gasteiger charge is -2.13. The Morgan fingerprint density at radius 2 is 2.00 bits per heavy atom. The maximum atomic E-state index is 12.5. The largest absolute Gasteiger partial charge is 0.491 e. The van der Waals surface area contributed by atoms with Crippen LogP contribution in [0.1, 0.15) is 11.6 Å². The highest BCUT2D eigenvalue weighted by Crippen LogP contribution is 2.33. The number of hydrogen-bond acceptors (Lipinski definition) is 4. The van der Waals surface area contributed by atoms with Crippen LogP contribution in [0.4, 0.5) is 5.69 Å². The molecule has 0 saturated carbocycles. The van der Waals surface area contributed by atoms with Crippen LogP contribution in [0, 0.1) is 0 Å². The minimum absolute atomic E-state index is 0.0338. The Balaban J connectivity index is 1.93. The molecule has 21 heavy (non-hydrogen) atoms. The van der Waals surface area contributed by atoms with E-state index >= 15 is 0 Å². The van der Waals surface area contributed by atoms with Gasteiger partial charge in [-0.1, -0.05) is 29.8 Å². The number of anilines is 1. The monoisotopic (exact) mass is 324 g/mol. The lowest BCUT2D eigenvalue weighted by atomic mass is 10.1. The third-order valence-electron chi connectivity index (χ3n) is 3.24. The highest BCUT2D eigenvalue weighted by molar-refractivity contribution is 7.89. The molecule has 0 amide bonds. The molecule has 7 heteroatoms. The maximum absolute atomic E-state index is 12.5. The van der Waals surface area contributed by atoms with Crippen molar-refractivity contribution in [1.29, 1.82) is 0 Å². The van der Waals surface area contributed by atoms with Crippen molar-refractivity contribution in [1.82, 2.24) is 4.72 Å².